The number of amides is 3. The Bertz CT molecular complexity index is 1020. The lowest BCUT2D eigenvalue weighted by Crippen LogP contribution is -2.43. The Morgan fingerprint density at radius 3 is 2.60 bits per heavy atom. The average Bonchev–Trinajstić information content (AvgIpc) is 3.27. The first-order valence-corrected chi connectivity index (χ1v) is 9.60. The van der Waals surface area contributed by atoms with Crippen LogP contribution in [0.2, 0.25) is 0 Å². The highest BCUT2D eigenvalue weighted by Gasteiger charge is 2.55. The first kappa shape index (κ1) is 19.6. The fourth-order valence-electron chi connectivity index (χ4n) is 3.54. The van der Waals surface area contributed by atoms with Gasteiger partial charge in [-0.2, -0.15) is 5.11 Å². The van der Waals surface area contributed by atoms with Gasteiger partial charge in [0.2, 0.25) is 5.91 Å². The van der Waals surface area contributed by atoms with Gasteiger partial charge in [0.25, 0.3) is 11.8 Å². The van der Waals surface area contributed by atoms with Crippen molar-refractivity contribution in [2.45, 2.75) is 25.4 Å². The third-order valence-corrected chi connectivity index (χ3v) is 5.12. The summed E-state index contributed by atoms with van der Waals surface area (Å²) in [5.41, 5.74) is 2.15. The molecule has 1 N–H and O–H groups in total. The molecule has 0 unspecified atom stereocenters. The number of nitrogens with zero attached hydrogens (tertiary/aromatic N) is 4. The van der Waals surface area contributed by atoms with E-state index < -0.39 is 23.9 Å². The summed E-state index contributed by atoms with van der Waals surface area (Å²) in [5, 5.41) is 11.8. The van der Waals surface area contributed by atoms with E-state index in [2.05, 4.69) is 15.7 Å². The predicted octanol–water partition coefficient (Wildman–Crippen LogP) is 2.19. The first-order valence-electron chi connectivity index (χ1n) is 9.60. The minimum absolute atomic E-state index is 0.205. The maximum atomic E-state index is 13.0. The SMILES string of the molecule is CCc1ccc(N2C(=O)[C@H]3N=NN(CC(=O)Nc4cccc(OC)c4)[C@@H]3C2=O)cc1. The van der Waals surface area contributed by atoms with Gasteiger partial charge in [-0.3, -0.25) is 19.4 Å². The molecule has 30 heavy (non-hydrogen) atoms. The number of aryl methyl sites for hydroxylation is 1. The minimum atomic E-state index is -0.937. The monoisotopic (exact) mass is 407 g/mol. The molecule has 1 fully saturated rings. The molecule has 0 spiro atoms. The molecule has 4 rings (SSSR count). The molecule has 2 aromatic rings. The molecule has 9 nitrogen and oxygen atoms in total. The summed E-state index contributed by atoms with van der Waals surface area (Å²) in [4.78, 5) is 39.3. The van der Waals surface area contributed by atoms with E-state index in [0.29, 0.717) is 17.1 Å². The van der Waals surface area contributed by atoms with Crippen molar-refractivity contribution in [3.05, 3.63) is 54.1 Å². The van der Waals surface area contributed by atoms with Gasteiger partial charge in [0.15, 0.2) is 12.1 Å². The van der Waals surface area contributed by atoms with Gasteiger partial charge >= 0.3 is 0 Å². The Kier molecular flexibility index (Phi) is 5.18. The zero-order valence-corrected chi connectivity index (χ0v) is 16.6. The van der Waals surface area contributed by atoms with Crippen LogP contribution in [0.1, 0.15) is 12.5 Å². The van der Waals surface area contributed by atoms with Gasteiger partial charge in [-0.15, -0.1) is 0 Å². The maximum absolute atomic E-state index is 13.0. The molecule has 2 aromatic carbocycles. The van der Waals surface area contributed by atoms with Crippen molar-refractivity contribution in [1.82, 2.24) is 5.01 Å². The number of rotatable bonds is 6. The second kappa shape index (κ2) is 7.94. The molecule has 2 aliphatic heterocycles. The van der Waals surface area contributed by atoms with E-state index in [1.807, 2.05) is 19.1 Å². The van der Waals surface area contributed by atoms with E-state index in [0.717, 1.165) is 16.9 Å². The molecule has 1 saturated heterocycles. The zero-order chi connectivity index (χ0) is 21.3. The first-order chi connectivity index (χ1) is 14.5. The van der Waals surface area contributed by atoms with E-state index in [4.69, 9.17) is 4.74 Å². The molecule has 2 atom stereocenters. The second-order valence-electron chi connectivity index (χ2n) is 7.00. The number of carbonyl (C=O) groups excluding carboxylic acids is 3. The lowest BCUT2D eigenvalue weighted by Gasteiger charge is -2.20. The second-order valence-corrected chi connectivity index (χ2v) is 7.00. The number of imide groups is 1. The molecule has 0 saturated carbocycles. The van der Waals surface area contributed by atoms with Crippen molar-refractivity contribution in [1.29, 1.82) is 0 Å². The quantitative estimate of drug-likeness (QED) is 0.740. The number of nitrogens with one attached hydrogen (secondary N) is 1. The summed E-state index contributed by atoms with van der Waals surface area (Å²) in [7, 11) is 1.54. The Balaban J connectivity index is 1.46. The number of carbonyl (C=O) groups is 3. The normalized spacial score (nSPS) is 19.9. The molecule has 3 amide bonds. The van der Waals surface area contributed by atoms with E-state index >= 15 is 0 Å². The van der Waals surface area contributed by atoms with Crippen LogP contribution in [0, 0.1) is 0 Å². The molecule has 2 heterocycles. The molecule has 9 heteroatoms. The Labute approximate surface area is 173 Å². The summed E-state index contributed by atoms with van der Waals surface area (Å²) >= 11 is 0. The highest BCUT2D eigenvalue weighted by molar-refractivity contribution is 6.25. The minimum Gasteiger partial charge on any atom is -0.497 e. The lowest BCUT2D eigenvalue weighted by molar-refractivity contribution is -0.123. The molecule has 0 aromatic heterocycles. The molecular weight excluding hydrogens is 386 g/mol. The standard InChI is InChI=1S/C21H21N5O4/c1-3-13-7-9-15(10-8-13)26-20(28)18-19(21(26)29)25(24-23-18)12-17(27)22-14-5-4-6-16(11-14)30-2/h4-11,18-19H,3,12H2,1-2H3,(H,22,27)/t18-,19-/m0/s1. The Hall–Kier alpha value is -3.75. The number of hydrogen-bond acceptors (Lipinski definition) is 7. The van der Waals surface area contributed by atoms with Crippen LogP contribution in [0.5, 0.6) is 5.75 Å². The summed E-state index contributed by atoms with van der Waals surface area (Å²) < 4.78 is 5.14. The van der Waals surface area contributed by atoms with Crippen molar-refractivity contribution < 1.29 is 19.1 Å². The predicted molar refractivity (Wildman–Crippen MR) is 109 cm³/mol. The maximum Gasteiger partial charge on any atom is 0.263 e. The van der Waals surface area contributed by atoms with Gasteiger partial charge < -0.3 is 10.1 Å². The van der Waals surface area contributed by atoms with Crippen molar-refractivity contribution >= 4 is 29.1 Å². The van der Waals surface area contributed by atoms with Crippen molar-refractivity contribution in [3.8, 4) is 5.75 Å². The van der Waals surface area contributed by atoms with Gasteiger partial charge in [0.1, 0.15) is 12.3 Å². The van der Waals surface area contributed by atoms with Crippen molar-refractivity contribution in [3.63, 3.8) is 0 Å². The Morgan fingerprint density at radius 1 is 1.13 bits per heavy atom. The number of benzene rings is 2. The molecule has 0 bridgehead atoms. The third kappa shape index (κ3) is 3.49. The van der Waals surface area contributed by atoms with Gasteiger partial charge in [0, 0.05) is 11.8 Å². The molecule has 154 valence electrons. The summed E-state index contributed by atoms with van der Waals surface area (Å²) in [6, 6.07) is 12.3. The topological polar surface area (TPSA) is 104 Å². The summed E-state index contributed by atoms with van der Waals surface area (Å²) in [6.07, 6.45) is 0.859. The highest BCUT2D eigenvalue weighted by atomic mass is 16.5. The van der Waals surface area contributed by atoms with Gasteiger partial charge in [-0.05, 0) is 36.2 Å². The van der Waals surface area contributed by atoms with E-state index in [-0.39, 0.29) is 12.5 Å². The van der Waals surface area contributed by atoms with Crippen molar-refractivity contribution in [2.75, 3.05) is 23.9 Å². The van der Waals surface area contributed by atoms with Gasteiger partial charge in [0.05, 0.1) is 12.8 Å². The average molecular weight is 407 g/mol. The third-order valence-electron chi connectivity index (χ3n) is 5.12. The molecule has 0 radical (unpaired) electrons. The summed E-state index contributed by atoms with van der Waals surface area (Å²) in [5.74, 6) is -0.647. The Morgan fingerprint density at radius 2 is 1.90 bits per heavy atom. The highest BCUT2D eigenvalue weighted by Crippen LogP contribution is 2.32. The smallest absolute Gasteiger partial charge is 0.263 e. The number of hydrogen-bond donors (Lipinski definition) is 1. The number of methoxy groups -OCH3 is 1. The van der Waals surface area contributed by atoms with E-state index in [1.54, 1.807) is 36.4 Å². The van der Waals surface area contributed by atoms with Gasteiger partial charge in [-0.25, -0.2) is 4.90 Å². The lowest BCUT2D eigenvalue weighted by atomic mass is 10.1. The fraction of sp³-hybridized carbons (Fsp3) is 0.286. The molecule has 0 aliphatic carbocycles. The number of anilines is 2. The summed E-state index contributed by atoms with van der Waals surface area (Å²) in [6.45, 7) is 1.82. The molecule has 2 aliphatic rings. The number of ether oxygens (including phenoxy) is 1. The fourth-order valence-corrected chi connectivity index (χ4v) is 3.54. The van der Waals surface area contributed by atoms with E-state index in [9.17, 15) is 14.4 Å². The van der Waals surface area contributed by atoms with Crippen LogP contribution in [0.15, 0.2) is 58.9 Å². The van der Waals surface area contributed by atoms with Crippen LogP contribution >= 0.6 is 0 Å². The molecular formula is C21H21N5O4. The van der Waals surface area contributed by atoms with Crippen LogP contribution < -0.4 is 15.0 Å². The van der Waals surface area contributed by atoms with Crippen molar-refractivity contribution in [2.24, 2.45) is 10.3 Å². The van der Waals surface area contributed by atoms with Crippen LogP contribution in [0.3, 0.4) is 0 Å². The van der Waals surface area contributed by atoms with E-state index in [1.165, 1.54) is 12.1 Å². The van der Waals surface area contributed by atoms with Gasteiger partial charge in [-0.1, -0.05) is 30.3 Å². The number of fused-ring (bicyclic) bond motifs is 1. The zero-order valence-electron chi connectivity index (χ0n) is 16.6. The largest absolute Gasteiger partial charge is 0.497 e. The van der Waals surface area contributed by atoms with Crippen LogP contribution in [0.4, 0.5) is 11.4 Å². The van der Waals surface area contributed by atoms with Crippen LogP contribution in [-0.2, 0) is 20.8 Å². The van der Waals surface area contributed by atoms with Crippen LogP contribution in [0.25, 0.3) is 0 Å². The van der Waals surface area contributed by atoms with Crippen LogP contribution in [-0.4, -0.2) is 48.5 Å².